The van der Waals surface area contributed by atoms with Crippen molar-refractivity contribution in [3.05, 3.63) is 63.8 Å². The molecule has 0 spiro atoms. The van der Waals surface area contributed by atoms with E-state index in [0.717, 1.165) is 21.8 Å². The van der Waals surface area contributed by atoms with E-state index in [1.807, 2.05) is 35.7 Å². The molecule has 0 radical (unpaired) electrons. The molecule has 2 aromatic heterocycles. The first-order valence-corrected chi connectivity index (χ1v) is 9.67. The van der Waals surface area contributed by atoms with Crippen LogP contribution in [-0.2, 0) is 6.42 Å². The highest BCUT2D eigenvalue weighted by atomic mass is 35.5. The number of hydrogen-bond donors (Lipinski definition) is 0. The van der Waals surface area contributed by atoms with Gasteiger partial charge in [-0.05, 0) is 30.3 Å². The molecule has 0 aliphatic rings. The molecule has 0 saturated heterocycles. The third-order valence-corrected chi connectivity index (χ3v) is 5.17. The minimum atomic E-state index is 0.464. The standard InChI is InChI=1S/C20H16ClN3O3S/c1-25-16-7-6-12(9-17(16)26-2)15-11-28-19(22-15)10-18-23-20(24-27-18)13-4-3-5-14(21)8-13/h3-9,11H,10H2,1-2H3. The summed E-state index contributed by atoms with van der Waals surface area (Å²) in [5.41, 5.74) is 2.62. The molecule has 2 heterocycles. The van der Waals surface area contributed by atoms with Crippen LogP contribution in [0.4, 0.5) is 0 Å². The van der Waals surface area contributed by atoms with Crippen LogP contribution in [0.3, 0.4) is 0 Å². The number of aromatic nitrogens is 3. The summed E-state index contributed by atoms with van der Waals surface area (Å²) in [6.45, 7) is 0. The Morgan fingerprint density at radius 3 is 2.64 bits per heavy atom. The summed E-state index contributed by atoms with van der Waals surface area (Å²) in [4.78, 5) is 9.12. The zero-order chi connectivity index (χ0) is 19.5. The fraction of sp³-hybridized carbons (Fsp3) is 0.150. The fourth-order valence-corrected chi connectivity index (χ4v) is 3.71. The number of benzene rings is 2. The van der Waals surface area contributed by atoms with E-state index in [-0.39, 0.29) is 0 Å². The van der Waals surface area contributed by atoms with Crippen LogP contribution < -0.4 is 9.47 Å². The lowest BCUT2D eigenvalue weighted by Crippen LogP contribution is -1.91. The SMILES string of the molecule is COc1ccc(-c2csc(Cc3nc(-c4cccc(Cl)c4)no3)n2)cc1OC. The van der Waals surface area contributed by atoms with Crippen LogP contribution in [0.15, 0.2) is 52.4 Å². The lowest BCUT2D eigenvalue weighted by Gasteiger charge is -2.08. The van der Waals surface area contributed by atoms with Crippen molar-refractivity contribution in [3.63, 3.8) is 0 Å². The quantitative estimate of drug-likeness (QED) is 0.437. The van der Waals surface area contributed by atoms with Crippen molar-refractivity contribution >= 4 is 22.9 Å². The molecular formula is C20H16ClN3O3S. The summed E-state index contributed by atoms with van der Waals surface area (Å²) in [6, 6.07) is 13.1. The summed E-state index contributed by atoms with van der Waals surface area (Å²) in [5, 5.41) is 7.53. The minimum Gasteiger partial charge on any atom is -0.493 e. The van der Waals surface area contributed by atoms with Crippen LogP contribution in [0.2, 0.25) is 5.02 Å². The van der Waals surface area contributed by atoms with E-state index in [0.29, 0.717) is 34.7 Å². The highest BCUT2D eigenvalue weighted by Crippen LogP contribution is 2.33. The third-order valence-electron chi connectivity index (χ3n) is 4.08. The predicted molar refractivity (Wildman–Crippen MR) is 108 cm³/mol. The van der Waals surface area contributed by atoms with Crippen molar-refractivity contribution in [1.82, 2.24) is 15.1 Å². The lowest BCUT2D eigenvalue weighted by molar-refractivity contribution is 0.355. The van der Waals surface area contributed by atoms with Crippen LogP contribution in [0.1, 0.15) is 10.9 Å². The maximum absolute atomic E-state index is 6.02. The molecule has 0 unspecified atom stereocenters. The Morgan fingerprint density at radius 1 is 1.00 bits per heavy atom. The van der Waals surface area contributed by atoms with Crippen LogP contribution >= 0.6 is 22.9 Å². The number of halogens is 1. The van der Waals surface area contributed by atoms with Crippen molar-refractivity contribution in [2.45, 2.75) is 6.42 Å². The maximum atomic E-state index is 6.02. The number of rotatable bonds is 6. The molecule has 0 fully saturated rings. The van der Waals surface area contributed by atoms with Gasteiger partial charge in [0, 0.05) is 21.5 Å². The zero-order valence-electron chi connectivity index (χ0n) is 15.2. The molecule has 4 aromatic rings. The van der Waals surface area contributed by atoms with Crippen LogP contribution in [-0.4, -0.2) is 29.3 Å². The van der Waals surface area contributed by atoms with Gasteiger partial charge in [-0.15, -0.1) is 11.3 Å². The summed E-state index contributed by atoms with van der Waals surface area (Å²) < 4.78 is 16.0. The molecular weight excluding hydrogens is 398 g/mol. The average Bonchev–Trinajstić information content (AvgIpc) is 3.37. The Hall–Kier alpha value is -2.90. The van der Waals surface area contributed by atoms with E-state index in [2.05, 4.69) is 15.1 Å². The van der Waals surface area contributed by atoms with Crippen molar-refractivity contribution in [2.75, 3.05) is 14.2 Å². The van der Waals surface area contributed by atoms with E-state index in [9.17, 15) is 0 Å². The monoisotopic (exact) mass is 413 g/mol. The molecule has 0 aliphatic heterocycles. The molecule has 8 heteroatoms. The maximum Gasteiger partial charge on any atom is 0.233 e. The van der Waals surface area contributed by atoms with E-state index in [1.54, 1.807) is 26.4 Å². The van der Waals surface area contributed by atoms with E-state index in [4.69, 9.17) is 25.6 Å². The van der Waals surface area contributed by atoms with Crippen molar-refractivity contribution in [3.8, 4) is 34.1 Å². The Labute approximate surface area is 170 Å². The minimum absolute atomic E-state index is 0.464. The number of nitrogens with zero attached hydrogens (tertiary/aromatic N) is 3. The first-order chi connectivity index (χ1) is 13.7. The molecule has 2 aromatic carbocycles. The normalized spacial score (nSPS) is 10.8. The fourth-order valence-electron chi connectivity index (χ4n) is 2.72. The third kappa shape index (κ3) is 3.85. The van der Waals surface area contributed by atoms with Gasteiger partial charge in [-0.25, -0.2) is 4.98 Å². The largest absolute Gasteiger partial charge is 0.493 e. The number of methoxy groups -OCH3 is 2. The smallest absolute Gasteiger partial charge is 0.233 e. The summed E-state index contributed by atoms with van der Waals surface area (Å²) in [6.07, 6.45) is 0.464. The van der Waals surface area contributed by atoms with Crippen molar-refractivity contribution in [2.24, 2.45) is 0 Å². The molecule has 28 heavy (non-hydrogen) atoms. The predicted octanol–water partition coefficient (Wildman–Crippen LogP) is 5.12. The molecule has 0 bridgehead atoms. The second kappa shape index (κ2) is 8.00. The molecule has 6 nitrogen and oxygen atoms in total. The number of hydrogen-bond acceptors (Lipinski definition) is 7. The topological polar surface area (TPSA) is 70.3 Å². The summed E-state index contributed by atoms with van der Waals surface area (Å²) in [5.74, 6) is 2.36. The number of ether oxygens (including phenoxy) is 2. The summed E-state index contributed by atoms with van der Waals surface area (Å²) >= 11 is 7.56. The molecule has 4 rings (SSSR count). The summed E-state index contributed by atoms with van der Waals surface area (Å²) in [7, 11) is 3.22. The van der Waals surface area contributed by atoms with Crippen LogP contribution in [0.5, 0.6) is 11.5 Å². The first-order valence-electron chi connectivity index (χ1n) is 8.41. The molecule has 0 N–H and O–H groups in total. The second-order valence-corrected chi connectivity index (χ2v) is 7.27. The van der Waals surface area contributed by atoms with Gasteiger partial charge in [0.05, 0.1) is 26.3 Å². The Kier molecular flexibility index (Phi) is 5.27. The molecule has 0 atom stereocenters. The van der Waals surface area contributed by atoms with Gasteiger partial charge in [0.1, 0.15) is 5.01 Å². The van der Waals surface area contributed by atoms with Gasteiger partial charge in [-0.1, -0.05) is 28.9 Å². The van der Waals surface area contributed by atoms with E-state index < -0.39 is 0 Å². The highest BCUT2D eigenvalue weighted by Gasteiger charge is 2.13. The Bertz CT molecular complexity index is 1110. The van der Waals surface area contributed by atoms with Gasteiger partial charge >= 0.3 is 0 Å². The van der Waals surface area contributed by atoms with Gasteiger partial charge in [-0.2, -0.15) is 4.98 Å². The zero-order valence-corrected chi connectivity index (χ0v) is 16.8. The van der Waals surface area contributed by atoms with Gasteiger partial charge in [0.15, 0.2) is 11.5 Å². The lowest BCUT2D eigenvalue weighted by atomic mass is 10.1. The molecule has 0 aliphatic carbocycles. The van der Waals surface area contributed by atoms with Crippen LogP contribution in [0.25, 0.3) is 22.6 Å². The Balaban J connectivity index is 1.53. The number of thiazole rings is 1. The van der Waals surface area contributed by atoms with E-state index in [1.165, 1.54) is 11.3 Å². The van der Waals surface area contributed by atoms with Crippen LogP contribution in [0, 0.1) is 0 Å². The first kappa shape index (κ1) is 18.5. The van der Waals surface area contributed by atoms with Crippen molar-refractivity contribution < 1.29 is 14.0 Å². The highest BCUT2D eigenvalue weighted by molar-refractivity contribution is 7.10. The Morgan fingerprint density at radius 2 is 1.86 bits per heavy atom. The second-order valence-electron chi connectivity index (χ2n) is 5.90. The van der Waals surface area contributed by atoms with Gasteiger partial charge < -0.3 is 14.0 Å². The molecule has 142 valence electrons. The van der Waals surface area contributed by atoms with Gasteiger partial charge in [-0.3, -0.25) is 0 Å². The van der Waals surface area contributed by atoms with Gasteiger partial charge in [0.25, 0.3) is 0 Å². The van der Waals surface area contributed by atoms with E-state index >= 15 is 0 Å². The molecule has 0 saturated carbocycles. The van der Waals surface area contributed by atoms with Gasteiger partial charge in [0.2, 0.25) is 11.7 Å². The average molecular weight is 414 g/mol. The molecule has 0 amide bonds. The van der Waals surface area contributed by atoms with Crippen molar-refractivity contribution in [1.29, 1.82) is 0 Å².